The predicted octanol–water partition coefficient (Wildman–Crippen LogP) is 8.69. The molecule has 0 atom stereocenters. The molecule has 1 aromatic carbocycles. The van der Waals surface area contributed by atoms with Crippen LogP contribution < -0.4 is 0 Å². The lowest BCUT2D eigenvalue weighted by atomic mass is 9.91. The number of carbonyl (C=O) groups excluding carboxylic acids is 1. The number of allylic oxidation sites excluding steroid dienone is 1. The van der Waals surface area contributed by atoms with Crippen molar-refractivity contribution in [3.05, 3.63) is 44.0 Å². The lowest BCUT2D eigenvalue weighted by Crippen LogP contribution is -2.72. The van der Waals surface area contributed by atoms with Crippen LogP contribution in [0.2, 0.25) is 0 Å². The first kappa shape index (κ1) is 33.6. The van der Waals surface area contributed by atoms with E-state index in [1.54, 1.807) is 0 Å². The summed E-state index contributed by atoms with van der Waals surface area (Å²) >= 11 is 3.77. The third kappa shape index (κ3) is 6.10. The van der Waals surface area contributed by atoms with E-state index >= 15 is 0 Å². The van der Waals surface area contributed by atoms with Crippen molar-refractivity contribution >= 4 is 44.5 Å². The Kier molecular flexibility index (Phi) is 9.66. The molecule has 0 N–H and O–H groups in total. The molecule has 0 saturated carbocycles. The summed E-state index contributed by atoms with van der Waals surface area (Å²) in [5, 5.41) is 0. The fourth-order valence-electron chi connectivity index (χ4n) is 2.28. The Labute approximate surface area is 218 Å². The molecule has 19 heteroatoms. The zero-order chi connectivity index (χ0) is 29.5. The highest BCUT2D eigenvalue weighted by molar-refractivity contribution is 14.1. The van der Waals surface area contributed by atoms with Crippen molar-refractivity contribution in [1.82, 2.24) is 0 Å². The first-order valence-electron chi connectivity index (χ1n) is 8.91. The van der Waals surface area contributed by atoms with Crippen molar-refractivity contribution in [2.75, 3.05) is 6.61 Å². The van der Waals surface area contributed by atoms with Crippen LogP contribution in [0.4, 0.5) is 65.9 Å². The summed E-state index contributed by atoms with van der Waals surface area (Å²) in [6, 6.07) is 5.32. The number of carbonyl (C=O) groups is 1. The van der Waals surface area contributed by atoms with Crippen LogP contribution in [-0.4, -0.2) is 54.3 Å². The minimum atomic E-state index is -8.34. The summed E-state index contributed by atoms with van der Waals surface area (Å²) in [5.74, 6) is -48.0. The van der Waals surface area contributed by atoms with E-state index in [1.165, 1.54) is 24.3 Å². The van der Waals surface area contributed by atoms with E-state index in [2.05, 4.69) is 20.7 Å². The Morgan fingerprint density at radius 1 is 0.784 bits per heavy atom. The highest BCUT2D eigenvalue weighted by Gasteiger charge is 2.93. The van der Waals surface area contributed by atoms with E-state index in [0.29, 0.717) is 4.47 Å². The first-order valence-corrected chi connectivity index (χ1v) is 10.8. The van der Waals surface area contributed by atoms with Crippen LogP contribution in [0.3, 0.4) is 0 Å². The first-order chi connectivity index (χ1) is 16.3. The molecular formula is C18H9BrF15IO2. The standard InChI is InChI=1S/C18H9BrF15IO2/c19-9-3-1-2-8(6-9)11(36)37-5-4-10(35)7-12(20,21)13(22,23)14(24,25)15(26,27)16(28,29)17(30,31)18(32,33)34/h1-3,6-7H,4-5H2. The SMILES string of the molecule is O=C(OCCC(I)=CC(F)(F)C(F)(F)C(F)(F)C(F)(F)C(F)(F)C(F)(F)C(F)(F)F)c1cccc(Br)c1. The van der Waals surface area contributed by atoms with Crippen molar-refractivity contribution in [1.29, 1.82) is 0 Å². The molecule has 0 bridgehead atoms. The van der Waals surface area contributed by atoms with Crippen LogP contribution in [-0.2, 0) is 4.74 Å². The van der Waals surface area contributed by atoms with Gasteiger partial charge in [0.2, 0.25) is 0 Å². The number of rotatable bonds is 10. The molecule has 0 aliphatic carbocycles. The van der Waals surface area contributed by atoms with Gasteiger partial charge >= 0.3 is 47.7 Å². The zero-order valence-electron chi connectivity index (χ0n) is 17.0. The highest BCUT2D eigenvalue weighted by atomic mass is 127. The van der Waals surface area contributed by atoms with Gasteiger partial charge in [0.25, 0.3) is 0 Å². The Morgan fingerprint density at radius 3 is 1.70 bits per heavy atom. The molecule has 0 amide bonds. The Balaban J connectivity index is 3.19. The minimum absolute atomic E-state index is 0.0938. The number of benzene rings is 1. The topological polar surface area (TPSA) is 26.3 Å². The Bertz CT molecular complexity index is 1020. The highest BCUT2D eigenvalue weighted by Crippen LogP contribution is 2.62. The van der Waals surface area contributed by atoms with Gasteiger partial charge in [0.1, 0.15) is 0 Å². The molecular weight excluding hydrogens is 740 g/mol. The summed E-state index contributed by atoms with van der Waals surface area (Å²) in [6.07, 6.45) is -9.75. The van der Waals surface area contributed by atoms with Crippen LogP contribution >= 0.6 is 38.5 Å². The van der Waals surface area contributed by atoms with E-state index in [9.17, 15) is 70.7 Å². The van der Waals surface area contributed by atoms with Gasteiger partial charge in [0.15, 0.2) is 0 Å². The van der Waals surface area contributed by atoms with Crippen LogP contribution in [0.1, 0.15) is 16.8 Å². The van der Waals surface area contributed by atoms with Gasteiger partial charge in [-0.1, -0.05) is 22.0 Å². The van der Waals surface area contributed by atoms with Gasteiger partial charge in [-0.2, -0.15) is 65.9 Å². The second kappa shape index (κ2) is 10.6. The normalized spacial score (nSPS) is 15.1. The number of ether oxygens (including phenoxy) is 1. The van der Waals surface area contributed by atoms with E-state index in [1.807, 2.05) is 0 Å². The summed E-state index contributed by atoms with van der Waals surface area (Å²) in [4.78, 5) is 11.8. The van der Waals surface area contributed by atoms with Gasteiger partial charge in [-0.3, -0.25) is 0 Å². The monoisotopic (exact) mass is 748 g/mol. The van der Waals surface area contributed by atoms with Gasteiger partial charge in [-0.05, 0) is 44.4 Å². The van der Waals surface area contributed by atoms with E-state index in [-0.39, 0.29) is 5.56 Å². The van der Waals surface area contributed by atoms with Crippen molar-refractivity contribution in [2.24, 2.45) is 0 Å². The average molecular weight is 749 g/mol. The van der Waals surface area contributed by atoms with Crippen LogP contribution in [0.25, 0.3) is 0 Å². The summed E-state index contributed by atoms with van der Waals surface area (Å²) in [6.45, 7) is -0.885. The molecule has 0 aliphatic rings. The van der Waals surface area contributed by atoms with Crippen LogP contribution in [0.15, 0.2) is 38.4 Å². The van der Waals surface area contributed by atoms with E-state index in [4.69, 9.17) is 0 Å². The van der Waals surface area contributed by atoms with Crippen LogP contribution in [0.5, 0.6) is 0 Å². The molecule has 0 aliphatic heterocycles. The number of alkyl halides is 15. The minimum Gasteiger partial charge on any atom is -0.462 e. The third-order valence-electron chi connectivity index (χ3n) is 4.32. The number of esters is 1. The summed E-state index contributed by atoms with van der Waals surface area (Å²) < 4.78 is 202. The van der Waals surface area contributed by atoms with Gasteiger partial charge in [-0.25, -0.2) is 4.79 Å². The number of hydrogen-bond donors (Lipinski definition) is 0. The largest absolute Gasteiger partial charge is 0.462 e. The number of hydrogen-bond acceptors (Lipinski definition) is 2. The Hall–Kier alpha value is -1.41. The molecule has 0 saturated heterocycles. The summed E-state index contributed by atoms with van der Waals surface area (Å²) in [7, 11) is 0. The van der Waals surface area contributed by atoms with Gasteiger partial charge < -0.3 is 4.74 Å². The Morgan fingerprint density at radius 2 is 1.24 bits per heavy atom. The zero-order valence-corrected chi connectivity index (χ0v) is 20.8. The molecule has 1 rings (SSSR count). The smallest absolute Gasteiger partial charge is 0.460 e. The maximum atomic E-state index is 13.9. The molecule has 37 heavy (non-hydrogen) atoms. The van der Waals surface area contributed by atoms with Crippen molar-refractivity contribution < 1.29 is 75.4 Å². The molecule has 2 nitrogen and oxygen atoms in total. The van der Waals surface area contributed by atoms with Gasteiger partial charge in [0.05, 0.1) is 12.2 Å². The second-order valence-electron chi connectivity index (χ2n) is 6.98. The molecule has 212 valence electrons. The second-order valence-corrected chi connectivity index (χ2v) is 9.28. The maximum Gasteiger partial charge on any atom is 0.460 e. The van der Waals surface area contributed by atoms with Crippen LogP contribution in [0, 0.1) is 0 Å². The third-order valence-corrected chi connectivity index (χ3v) is 5.67. The van der Waals surface area contributed by atoms with Crippen molar-refractivity contribution in [2.45, 2.75) is 48.1 Å². The molecule has 1 aromatic rings. The molecule has 0 aromatic heterocycles. The van der Waals surface area contributed by atoms with E-state index in [0.717, 1.165) is 22.6 Å². The fourth-order valence-corrected chi connectivity index (χ4v) is 3.29. The van der Waals surface area contributed by atoms with E-state index < -0.39 is 70.4 Å². The molecule has 0 heterocycles. The number of halogens is 17. The fraction of sp³-hybridized carbons (Fsp3) is 0.500. The lowest BCUT2D eigenvalue weighted by Gasteiger charge is -2.41. The van der Waals surface area contributed by atoms with Crippen molar-refractivity contribution in [3.63, 3.8) is 0 Å². The average Bonchev–Trinajstić information content (AvgIpc) is 2.71. The maximum absolute atomic E-state index is 13.9. The predicted molar refractivity (Wildman–Crippen MR) is 107 cm³/mol. The van der Waals surface area contributed by atoms with Gasteiger partial charge in [-0.15, -0.1) is 0 Å². The quantitative estimate of drug-likeness (QED) is 0.136. The van der Waals surface area contributed by atoms with Crippen molar-refractivity contribution in [3.8, 4) is 0 Å². The molecule has 0 radical (unpaired) electrons. The lowest BCUT2D eigenvalue weighted by molar-refractivity contribution is -0.449. The molecule has 0 unspecified atom stereocenters. The summed E-state index contributed by atoms with van der Waals surface area (Å²) in [5.41, 5.74) is -0.0938. The molecule has 0 spiro atoms. The van der Waals surface area contributed by atoms with Gasteiger partial charge in [0, 0.05) is 17.0 Å². The molecule has 0 fully saturated rings.